The van der Waals surface area contributed by atoms with Gasteiger partial charge in [-0.1, -0.05) is 0 Å². The highest BCUT2D eigenvalue weighted by atomic mass is 19.4. The SMILES string of the molecule is CC(F)(F)C(O)(C(C)(F)F)C(F)(F)F. The van der Waals surface area contributed by atoms with Crippen LogP contribution in [0.4, 0.5) is 30.7 Å². The normalized spacial score (nSPS) is 15.9. The summed E-state index contributed by atoms with van der Waals surface area (Å²) >= 11 is 0. The predicted octanol–water partition coefficient (Wildman–Crippen LogP) is 2.59. The molecule has 0 rings (SSSR count). The van der Waals surface area contributed by atoms with Gasteiger partial charge in [0.05, 0.1) is 0 Å². The fourth-order valence-electron chi connectivity index (χ4n) is 0.883. The lowest BCUT2D eigenvalue weighted by molar-refractivity contribution is -0.385. The van der Waals surface area contributed by atoms with Gasteiger partial charge in [0.2, 0.25) is 0 Å². The standard InChI is InChI=1S/C6H7F7O/c1-3(7,8)5(14,4(2,9)10)6(11,12)13/h14H,1-2H3. The Morgan fingerprint density at radius 2 is 0.929 bits per heavy atom. The zero-order valence-corrected chi connectivity index (χ0v) is 7.09. The second kappa shape index (κ2) is 2.98. The van der Waals surface area contributed by atoms with Gasteiger partial charge in [-0.25, -0.2) is 17.6 Å². The van der Waals surface area contributed by atoms with Crippen LogP contribution in [-0.4, -0.2) is 28.7 Å². The maximum absolute atomic E-state index is 12.3. The summed E-state index contributed by atoms with van der Waals surface area (Å²) in [7, 11) is 0. The van der Waals surface area contributed by atoms with E-state index in [9.17, 15) is 30.7 Å². The summed E-state index contributed by atoms with van der Waals surface area (Å²) in [6, 6.07) is 0. The summed E-state index contributed by atoms with van der Waals surface area (Å²) in [4.78, 5) is 0. The molecular formula is C6H7F7O. The average molecular weight is 228 g/mol. The van der Waals surface area contributed by atoms with Crippen LogP contribution < -0.4 is 0 Å². The van der Waals surface area contributed by atoms with Crippen LogP contribution in [0.5, 0.6) is 0 Å². The van der Waals surface area contributed by atoms with E-state index < -0.39 is 37.5 Å². The summed E-state index contributed by atoms with van der Waals surface area (Å²) in [5.74, 6) is -9.99. The second-order valence-corrected chi connectivity index (χ2v) is 2.98. The molecule has 0 aliphatic heterocycles. The molecule has 0 aromatic carbocycles. The Bertz CT molecular complexity index is 172. The smallest absolute Gasteiger partial charge is 0.371 e. The maximum Gasteiger partial charge on any atom is 0.429 e. The summed E-state index contributed by atoms with van der Waals surface area (Å²) < 4.78 is 84.9. The quantitative estimate of drug-likeness (QED) is 0.720. The minimum absolute atomic E-state index is 0.419. The molecule has 1 nitrogen and oxygen atoms in total. The molecule has 0 fully saturated rings. The first kappa shape index (κ1) is 13.5. The number of rotatable bonds is 2. The molecule has 14 heavy (non-hydrogen) atoms. The molecular weight excluding hydrogens is 221 g/mol. The summed E-state index contributed by atoms with van der Waals surface area (Å²) in [5.41, 5.74) is -5.35. The molecule has 86 valence electrons. The van der Waals surface area contributed by atoms with Crippen LogP contribution in [0.1, 0.15) is 13.8 Å². The first-order valence-corrected chi connectivity index (χ1v) is 3.30. The first-order valence-electron chi connectivity index (χ1n) is 3.30. The van der Waals surface area contributed by atoms with Gasteiger partial charge in [0.1, 0.15) is 0 Å². The molecule has 0 aromatic rings. The van der Waals surface area contributed by atoms with E-state index in [1.54, 1.807) is 0 Å². The van der Waals surface area contributed by atoms with Gasteiger partial charge in [-0.15, -0.1) is 0 Å². The van der Waals surface area contributed by atoms with Gasteiger partial charge in [-0.2, -0.15) is 13.2 Å². The first-order chi connectivity index (χ1) is 5.75. The molecule has 0 aliphatic rings. The van der Waals surface area contributed by atoms with Gasteiger partial charge in [0.15, 0.2) is 0 Å². The summed E-state index contributed by atoms with van der Waals surface area (Å²) in [6.07, 6.45) is -6.12. The van der Waals surface area contributed by atoms with E-state index in [0.29, 0.717) is 0 Å². The topological polar surface area (TPSA) is 20.2 Å². The van der Waals surface area contributed by atoms with E-state index >= 15 is 0 Å². The monoisotopic (exact) mass is 228 g/mol. The highest BCUT2D eigenvalue weighted by molar-refractivity contribution is 5.04. The predicted molar refractivity (Wildman–Crippen MR) is 32.2 cm³/mol. The highest BCUT2D eigenvalue weighted by Crippen LogP contribution is 2.50. The van der Waals surface area contributed by atoms with E-state index in [0.717, 1.165) is 0 Å². The molecule has 0 aliphatic carbocycles. The molecule has 0 bridgehead atoms. The lowest BCUT2D eigenvalue weighted by Crippen LogP contribution is -2.67. The van der Waals surface area contributed by atoms with Crippen molar-refractivity contribution < 1.29 is 35.8 Å². The Morgan fingerprint density at radius 1 is 0.714 bits per heavy atom. The van der Waals surface area contributed by atoms with Crippen molar-refractivity contribution in [3.63, 3.8) is 0 Å². The molecule has 1 N–H and O–H groups in total. The Hall–Kier alpha value is -0.530. The van der Waals surface area contributed by atoms with Crippen LogP contribution in [0, 0.1) is 0 Å². The van der Waals surface area contributed by atoms with Crippen molar-refractivity contribution >= 4 is 0 Å². The number of hydrogen-bond acceptors (Lipinski definition) is 1. The fourth-order valence-corrected chi connectivity index (χ4v) is 0.883. The minimum atomic E-state index is -6.12. The van der Waals surface area contributed by atoms with Crippen LogP contribution in [0.3, 0.4) is 0 Å². The summed E-state index contributed by atoms with van der Waals surface area (Å²) in [6.45, 7) is -0.838. The van der Waals surface area contributed by atoms with Crippen molar-refractivity contribution in [1.29, 1.82) is 0 Å². The van der Waals surface area contributed by atoms with Crippen LogP contribution in [0.15, 0.2) is 0 Å². The third-order valence-corrected chi connectivity index (χ3v) is 1.68. The van der Waals surface area contributed by atoms with Crippen molar-refractivity contribution in [3.8, 4) is 0 Å². The van der Waals surface area contributed by atoms with Crippen molar-refractivity contribution in [2.75, 3.05) is 0 Å². The van der Waals surface area contributed by atoms with Gasteiger partial charge in [0, 0.05) is 13.8 Å². The molecule has 0 atom stereocenters. The Morgan fingerprint density at radius 3 is 0.929 bits per heavy atom. The molecule has 0 saturated heterocycles. The molecule has 8 heteroatoms. The number of alkyl halides is 7. The Labute approximate surface area is 74.5 Å². The molecule has 0 amide bonds. The van der Waals surface area contributed by atoms with E-state index in [1.807, 2.05) is 0 Å². The van der Waals surface area contributed by atoms with Crippen LogP contribution in [-0.2, 0) is 0 Å². The van der Waals surface area contributed by atoms with Crippen LogP contribution >= 0.6 is 0 Å². The second-order valence-electron chi connectivity index (χ2n) is 2.98. The zero-order chi connectivity index (χ0) is 12.0. The molecule has 0 aromatic heterocycles. The van der Waals surface area contributed by atoms with Gasteiger partial charge in [-0.3, -0.25) is 0 Å². The Balaban J connectivity index is 5.54. The largest absolute Gasteiger partial charge is 0.429 e. The Kier molecular flexibility index (Phi) is 2.87. The van der Waals surface area contributed by atoms with Crippen molar-refractivity contribution in [3.05, 3.63) is 0 Å². The van der Waals surface area contributed by atoms with Crippen LogP contribution in [0.2, 0.25) is 0 Å². The van der Waals surface area contributed by atoms with Crippen molar-refractivity contribution in [1.82, 2.24) is 0 Å². The molecule has 0 spiro atoms. The van der Waals surface area contributed by atoms with Crippen molar-refractivity contribution in [2.24, 2.45) is 0 Å². The highest BCUT2D eigenvalue weighted by Gasteiger charge is 2.77. The lowest BCUT2D eigenvalue weighted by atomic mass is 9.89. The van der Waals surface area contributed by atoms with Gasteiger partial charge < -0.3 is 5.11 Å². The zero-order valence-electron chi connectivity index (χ0n) is 7.09. The van der Waals surface area contributed by atoms with Gasteiger partial charge >= 0.3 is 6.18 Å². The molecule has 0 saturated carbocycles. The van der Waals surface area contributed by atoms with Gasteiger partial charge in [0.25, 0.3) is 17.4 Å². The lowest BCUT2D eigenvalue weighted by Gasteiger charge is -2.38. The molecule has 0 radical (unpaired) electrons. The number of hydrogen-bond donors (Lipinski definition) is 1. The molecule has 0 unspecified atom stereocenters. The van der Waals surface area contributed by atoms with E-state index in [2.05, 4.69) is 0 Å². The van der Waals surface area contributed by atoms with E-state index in [4.69, 9.17) is 5.11 Å². The average Bonchev–Trinajstić information content (AvgIpc) is 1.77. The minimum Gasteiger partial charge on any atom is -0.371 e. The van der Waals surface area contributed by atoms with E-state index in [1.165, 1.54) is 0 Å². The maximum atomic E-state index is 12.3. The molecule has 0 heterocycles. The van der Waals surface area contributed by atoms with Gasteiger partial charge in [-0.05, 0) is 0 Å². The number of halogens is 7. The fraction of sp³-hybridized carbons (Fsp3) is 1.00. The third kappa shape index (κ3) is 1.79. The van der Waals surface area contributed by atoms with Crippen molar-refractivity contribution in [2.45, 2.75) is 37.5 Å². The summed E-state index contributed by atoms with van der Waals surface area (Å²) in [5, 5.41) is 8.40. The number of aliphatic hydroxyl groups is 1. The van der Waals surface area contributed by atoms with Crippen LogP contribution in [0.25, 0.3) is 0 Å². The third-order valence-electron chi connectivity index (χ3n) is 1.68. The van der Waals surface area contributed by atoms with E-state index in [-0.39, 0.29) is 0 Å².